The Morgan fingerprint density at radius 2 is 1.59 bits per heavy atom. The Balaban J connectivity index is 2.10. The highest BCUT2D eigenvalue weighted by molar-refractivity contribution is 7.92. The van der Waals surface area contributed by atoms with E-state index in [0.29, 0.717) is 9.79 Å². The summed E-state index contributed by atoms with van der Waals surface area (Å²) in [5.74, 6) is 0. The van der Waals surface area contributed by atoms with E-state index in [0.717, 1.165) is 57.1 Å². The zero-order valence-electron chi connectivity index (χ0n) is 18.9. The number of hydrogen-bond donors (Lipinski definition) is 0. The molecule has 4 nitrogen and oxygen atoms in total. The molecule has 0 bridgehead atoms. The van der Waals surface area contributed by atoms with Gasteiger partial charge < -0.3 is 4.90 Å². The molecule has 6 heteroatoms. The van der Waals surface area contributed by atoms with Gasteiger partial charge in [-0.15, -0.1) is 11.3 Å². The zero-order valence-corrected chi connectivity index (χ0v) is 20.6. The molecule has 0 N–H and O–H groups in total. The first-order chi connectivity index (χ1) is 15.4. The lowest BCUT2D eigenvalue weighted by Crippen LogP contribution is -2.25. The van der Waals surface area contributed by atoms with Crippen LogP contribution in [-0.2, 0) is 16.3 Å². The second-order valence-corrected chi connectivity index (χ2v) is 10.7. The molecule has 3 aromatic carbocycles. The van der Waals surface area contributed by atoms with Gasteiger partial charge in [0.2, 0.25) is 9.84 Å². The van der Waals surface area contributed by atoms with Gasteiger partial charge in [0.05, 0.1) is 20.8 Å². The SMILES string of the molecule is CCc1cc2nc(-c3ccccc3)sc2c(S(=O)(=O)c2ccc(C)cc2)c1N(CC)CC. The van der Waals surface area contributed by atoms with E-state index in [1.807, 2.05) is 49.4 Å². The number of thiazole rings is 1. The van der Waals surface area contributed by atoms with Gasteiger partial charge in [0.25, 0.3) is 0 Å². The standard InChI is InChI=1S/C26H28N2O2S2/c1-5-19-17-22-24(31-26(27-22)20-11-9-8-10-12-20)25(23(19)28(6-2)7-3)32(29,30)21-15-13-18(4)14-16-21/h8-17H,5-7H2,1-4H3. The van der Waals surface area contributed by atoms with Crippen molar-refractivity contribution in [2.24, 2.45) is 0 Å². The second kappa shape index (κ2) is 9.04. The van der Waals surface area contributed by atoms with Crippen LogP contribution in [-0.4, -0.2) is 26.5 Å². The maximum Gasteiger partial charge on any atom is 0.210 e. The average molecular weight is 465 g/mol. The van der Waals surface area contributed by atoms with Gasteiger partial charge in [0, 0.05) is 18.7 Å². The van der Waals surface area contributed by atoms with E-state index >= 15 is 0 Å². The molecule has 0 atom stereocenters. The molecule has 0 radical (unpaired) electrons. The summed E-state index contributed by atoms with van der Waals surface area (Å²) in [4.78, 5) is 7.72. The third kappa shape index (κ3) is 3.93. The zero-order chi connectivity index (χ0) is 22.9. The molecule has 0 amide bonds. The van der Waals surface area contributed by atoms with Crippen molar-refractivity contribution >= 4 is 37.1 Å². The molecule has 0 aliphatic carbocycles. The van der Waals surface area contributed by atoms with Crippen LogP contribution >= 0.6 is 11.3 Å². The summed E-state index contributed by atoms with van der Waals surface area (Å²) in [6, 6.07) is 19.1. The first-order valence-electron chi connectivity index (χ1n) is 11.0. The first-order valence-corrected chi connectivity index (χ1v) is 13.3. The summed E-state index contributed by atoms with van der Waals surface area (Å²) in [7, 11) is -3.75. The Morgan fingerprint density at radius 3 is 2.19 bits per heavy atom. The van der Waals surface area contributed by atoms with Crippen molar-refractivity contribution in [2.75, 3.05) is 18.0 Å². The summed E-state index contributed by atoms with van der Waals surface area (Å²) in [5.41, 5.74) is 4.59. The van der Waals surface area contributed by atoms with Crippen molar-refractivity contribution in [3.63, 3.8) is 0 Å². The monoisotopic (exact) mass is 464 g/mol. The third-order valence-electron chi connectivity index (χ3n) is 5.77. The lowest BCUT2D eigenvalue weighted by atomic mass is 10.1. The van der Waals surface area contributed by atoms with Gasteiger partial charge in [0.15, 0.2) is 0 Å². The first kappa shape index (κ1) is 22.5. The summed E-state index contributed by atoms with van der Waals surface area (Å²) < 4.78 is 28.9. The van der Waals surface area contributed by atoms with Crippen LogP contribution in [0.25, 0.3) is 20.8 Å². The van der Waals surface area contributed by atoms with Crippen LogP contribution in [0.15, 0.2) is 70.5 Å². The van der Waals surface area contributed by atoms with Crippen molar-refractivity contribution in [2.45, 2.75) is 43.9 Å². The van der Waals surface area contributed by atoms with E-state index in [4.69, 9.17) is 4.98 Å². The molecule has 0 aliphatic heterocycles. The Hall–Kier alpha value is -2.70. The number of anilines is 1. The smallest absolute Gasteiger partial charge is 0.210 e. The molecule has 0 saturated carbocycles. The minimum Gasteiger partial charge on any atom is -0.371 e. The van der Waals surface area contributed by atoms with Gasteiger partial charge in [-0.05, 0) is 51.0 Å². The predicted octanol–water partition coefficient (Wildman–Crippen LogP) is 6.51. The number of aromatic nitrogens is 1. The Morgan fingerprint density at radius 1 is 0.938 bits per heavy atom. The van der Waals surface area contributed by atoms with Crippen molar-refractivity contribution in [3.8, 4) is 10.6 Å². The fourth-order valence-electron chi connectivity index (χ4n) is 4.02. The van der Waals surface area contributed by atoms with Crippen LogP contribution in [0.2, 0.25) is 0 Å². The molecule has 0 fully saturated rings. The van der Waals surface area contributed by atoms with Gasteiger partial charge in [-0.2, -0.15) is 0 Å². The molecule has 0 saturated heterocycles. The minimum atomic E-state index is -3.75. The number of benzene rings is 3. The summed E-state index contributed by atoms with van der Waals surface area (Å²) in [6.07, 6.45) is 0.733. The second-order valence-electron chi connectivity index (χ2n) is 7.79. The predicted molar refractivity (Wildman–Crippen MR) is 135 cm³/mol. The van der Waals surface area contributed by atoms with Gasteiger partial charge in [-0.25, -0.2) is 13.4 Å². The number of rotatable bonds is 7. The largest absolute Gasteiger partial charge is 0.371 e. The molecule has 32 heavy (non-hydrogen) atoms. The molecule has 0 unspecified atom stereocenters. The minimum absolute atomic E-state index is 0.320. The lowest BCUT2D eigenvalue weighted by Gasteiger charge is -2.27. The van der Waals surface area contributed by atoms with E-state index in [9.17, 15) is 8.42 Å². The van der Waals surface area contributed by atoms with Crippen LogP contribution in [0.5, 0.6) is 0 Å². The molecule has 0 aliphatic rings. The Kier molecular flexibility index (Phi) is 6.35. The quantitative estimate of drug-likeness (QED) is 0.313. The van der Waals surface area contributed by atoms with E-state index in [1.165, 1.54) is 11.3 Å². The van der Waals surface area contributed by atoms with Crippen molar-refractivity contribution in [3.05, 3.63) is 71.8 Å². The van der Waals surface area contributed by atoms with Crippen LogP contribution in [0, 0.1) is 6.92 Å². The van der Waals surface area contributed by atoms with E-state index < -0.39 is 9.84 Å². The molecule has 4 aromatic rings. The molecule has 1 aromatic heterocycles. The van der Waals surface area contributed by atoms with E-state index in [-0.39, 0.29) is 0 Å². The maximum atomic E-state index is 14.1. The average Bonchev–Trinajstić information content (AvgIpc) is 3.23. The highest BCUT2D eigenvalue weighted by Crippen LogP contribution is 2.43. The van der Waals surface area contributed by atoms with Gasteiger partial charge in [0.1, 0.15) is 9.90 Å². The topological polar surface area (TPSA) is 50.3 Å². The highest BCUT2D eigenvalue weighted by Gasteiger charge is 2.30. The van der Waals surface area contributed by atoms with E-state index in [1.54, 1.807) is 12.1 Å². The maximum absolute atomic E-state index is 14.1. The number of fused-ring (bicyclic) bond motifs is 1. The fraction of sp³-hybridized carbons (Fsp3) is 0.269. The summed E-state index contributed by atoms with van der Waals surface area (Å²) >= 11 is 1.46. The molecular formula is C26H28N2O2S2. The summed E-state index contributed by atoms with van der Waals surface area (Å²) in [6.45, 7) is 9.63. The molecule has 1 heterocycles. The molecule has 0 spiro atoms. The van der Waals surface area contributed by atoms with Crippen molar-refractivity contribution < 1.29 is 8.42 Å². The van der Waals surface area contributed by atoms with Gasteiger partial charge in [-0.1, -0.05) is 55.0 Å². The van der Waals surface area contributed by atoms with Gasteiger partial charge >= 0.3 is 0 Å². The summed E-state index contributed by atoms with van der Waals surface area (Å²) in [5, 5.41) is 0.833. The van der Waals surface area contributed by atoms with E-state index in [2.05, 4.69) is 31.7 Å². The van der Waals surface area contributed by atoms with Crippen LogP contribution < -0.4 is 4.90 Å². The molecule has 4 rings (SSSR count). The highest BCUT2D eigenvalue weighted by atomic mass is 32.2. The number of hydrogen-bond acceptors (Lipinski definition) is 5. The number of nitrogens with zero attached hydrogens (tertiary/aromatic N) is 2. The van der Waals surface area contributed by atoms with Crippen molar-refractivity contribution in [1.82, 2.24) is 4.98 Å². The number of aryl methyl sites for hydroxylation is 2. The normalized spacial score (nSPS) is 11.8. The van der Waals surface area contributed by atoms with Crippen LogP contribution in [0.1, 0.15) is 31.9 Å². The number of sulfone groups is 1. The third-order valence-corrected chi connectivity index (χ3v) is 8.87. The van der Waals surface area contributed by atoms with Crippen LogP contribution in [0.4, 0.5) is 5.69 Å². The lowest BCUT2D eigenvalue weighted by molar-refractivity contribution is 0.596. The molecular weight excluding hydrogens is 436 g/mol. The Bertz CT molecular complexity index is 1340. The molecule has 166 valence electrons. The van der Waals surface area contributed by atoms with Crippen molar-refractivity contribution in [1.29, 1.82) is 0 Å². The van der Waals surface area contributed by atoms with Crippen LogP contribution in [0.3, 0.4) is 0 Å². The Labute approximate surface area is 194 Å². The van der Waals surface area contributed by atoms with Gasteiger partial charge in [-0.3, -0.25) is 0 Å². The fourth-order valence-corrected chi connectivity index (χ4v) is 7.06.